The minimum atomic E-state index is -0.608. The number of phenols is 2. The Morgan fingerprint density at radius 3 is 2.43 bits per heavy atom. The van der Waals surface area contributed by atoms with Crippen LogP contribution in [0, 0.1) is 18.3 Å². The number of benzene rings is 3. The van der Waals surface area contributed by atoms with Gasteiger partial charge in [0.05, 0.1) is 23.2 Å². The Balaban J connectivity index is 1.93. The highest BCUT2D eigenvalue weighted by molar-refractivity contribution is 6.32. The maximum atomic E-state index is 12.6. The van der Waals surface area contributed by atoms with Crippen molar-refractivity contribution >= 4 is 40.5 Å². The Morgan fingerprint density at radius 2 is 1.80 bits per heavy atom. The van der Waals surface area contributed by atoms with Crippen LogP contribution in [0.25, 0.3) is 0 Å². The zero-order chi connectivity index (χ0) is 22.0. The standard InChI is InChI=1S/C22H17Cl2N3O3/c1-11-8-15(16(10-25)12-2-4-13(23)5-3-12)17(24)9-18(11)27-22(30)14-6-7-19(28)21(29)20(14)26/h2-9,16,28-29H,26H2,1H3,(H,27,30). The molecule has 6 nitrogen and oxygen atoms in total. The van der Waals surface area contributed by atoms with Crippen molar-refractivity contribution in [2.45, 2.75) is 12.8 Å². The Kier molecular flexibility index (Phi) is 6.06. The van der Waals surface area contributed by atoms with E-state index >= 15 is 0 Å². The van der Waals surface area contributed by atoms with Crippen molar-refractivity contribution in [3.8, 4) is 17.6 Å². The third-order valence-corrected chi connectivity index (χ3v) is 5.26. The predicted molar refractivity (Wildman–Crippen MR) is 117 cm³/mol. The molecule has 3 aromatic rings. The fraction of sp³-hybridized carbons (Fsp3) is 0.0909. The number of rotatable bonds is 4. The first-order chi connectivity index (χ1) is 14.2. The molecule has 1 atom stereocenters. The third-order valence-electron chi connectivity index (χ3n) is 4.68. The van der Waals surface area contributed by atoms with Crippen LogP contribution < -0.4 is 11.1 Å². The number of nitrogens with zero attached hydrogens (tertiary/aromatic N) is 1. The van der Waals surface area contributed by atoms with Gasteiger partial charge in [-0.3, -0.25) is 4.79 Å². The summed E-state index contributed by atoms with van der Waals surface area (Å²) in [4.78, 5) is 12.6. The van der Waals surface area contributed by atoms with Crippen LogP contribution in [-0.2, 0) is 0 Å². The highest BCUT2D eigenvalue weighted by atomic mass is 35.5. The van der Waals surface area contributed by atoms with Crippen molar-refractivity contribution in [2.75, 3.05) is 11.1 Å². The zero-order valence-corrected chi connectivity index (χ0v) is 17.3. The molecule has 0 radical (unpaired) electrons. The van der Waals surface area contributed by atoms with E-state index in [-0.39, 0.29) is 11.3 Å². The lowest BCUT2D eigenvalue weighted by Gasteiger charge is -2.16. The van der Waals surface area contributed by atoms with E-state index < -0.39 is 23.3 Å². The van der Waals surface area contributed by atoms with Crippen molar-refractivity contribution in [2.24, 2.45) is 0 Å². The molecule has 152 valence electrons. The number of hydrogen-bond acceptors (Lipinski definition) is 5. The van der Waals surface area contributed by atoms with E-state index in [4.69, 9.17) is 28.9 Å². The number of nitriles is 1. The topological polar surface area (TPSA) is 119 Å². The van der Waals surface area contributed by atoms with Gasteiger partial charge in [0.1, 0.15) is 0 Å². The fourth-order valence-electron chi connectivity index (χ4n) is 3.02. The Hall–Kier alpha value is -3.40. The minimum Gasteiger partial charge on any atom is -0.504 e. The van der Waals surface area contributed by atoms with Crippen molar-refractivity contribution in [1.29, 1.82) is 5.26 Å². The van der Waals surface area contributed by atoms with E-state index in [9.17, 15) is 20.3 Å². The summed E-state index contributed by atoms with van der Waals surface area (Å²) in [6, 6.07) is 14.9. The molecule has 0 aliphatic rings. The van der Waals surface area contributed by atoms with Crippen molar-refractivity contribution in [1.82, 2.24) is 0 Å². The summed E-state index contributed by atoms with van der Waals surface area (Å²) in [5.41, 5.74) is 7.93. The maximum absolute atomic E-state index is 12.6. The smallest absolute Gasteiger partial charge is 0.257 e. The molecule has 1 amide bonds. The highest BCUT2D eigenvalue weighted by Gasteiger charge is 2.20. The fourth-order valence-corrected chi connectivity index (χ4v) is 3.42. The van der Waals surface area contributed by atoms with Gasteiger partial charge in [-0.25, -0.2) is 0 Å². The van der Waals surface area contributed by atoms with E-state index in [0.717, 1.165) is 5.56 Å². The summed E-state index contributed by atoms with van der Waals surface area (Å²) in [7, 11) is 0. The second kappa shape index (κ2) is 8.54. The molecule has 5 N–H and O–H groups in total. The van der Waals surface area contributed by atoms with Crippen LogP contribution in [0.5, 0.6) is 11.5 Å². The SMILES string of the molecule is Cc1cc(C(C#N)c2ccc(Cl)cc2)c(Cl)cc1NC(=O)c1ccc(O)c(O)c1N. The monoisotopic (exact) mass is 441 g/mol. The lowest BCUT2D eigenvalue weighted by molar-refractivity contribution is 0.102. The molecule has 0 saturated heterocycles. The number of halogens is 2. The first kappa shape index (κ1) is 21.3. The second-order valence-corrected chi connectivity index (χ2v) is 7.49. The van der Waals surface area contributed by atoms with E-state index in [1.165, 1.54) is 12.1 Å². The Bertz CT molecular complexity index is 1170. The minimum absolute atomic E-state index is 0.000893. The van der Waals surface area contributed by atoms with E-state index in [1.807, 2.05) is 0 Å². The van der Waals surface area contributed by atoms with E-state index in [2.05, 4.69) is 11.4 Å². The molecule has 0 aromatic heterocycles. The van der Waals surface area contributed by atoms with Gasteiger partial charge in [0.2, 0.25) is 0 Å². The van der Waals surface area contributed by atoms with Gasteiger partial charge in [0.15, 0.2) is 11.5 Å². The Morgan fingerprint density at radius 1 is 1.13 bits per heavy atom. The first-order valence-electron chi connectivity index (χ1n) is 8.79. The summed E-state index contributed by atoms with van der Waals surface area (Å²) in [5.74, 6) is -2.17. The number of phenolic OH excluding ortho intramolecular Hbond substituents is 2. The summed E-state index contributed by atoms with van der Waals surface area (Å²) in [6.07, 6.45) is 0. The molecule has 8 heteroatoms. The van der Waals surface area contributed by atoms with E-state index in [1.54, 1.807) is 43.3 Å². The number of anilines is 2. The number of aromatic hydroxyl groups is 2. The van der Waals surface area contributed by atoms with Gasteiger partial charge in [-0.1, -0.05) is 41.4 Å². The number of nitrogen functional groups attached to an aromatic ring is 1. The van der Waals surface area contributed by atoms with Gasteiger partial charge in [-0.05, 0) is 53.9 Å². The second-order valence-electron chi connectivity index (χ2n) is 6.65. The molecule has 0 bridgehead atoms. The molecular weight excluding hydrogens is 425 g/mol. The normalized spacial score (nSPS) is 11.5. The number of aryl methyl sites for hydroxylation is 1. The van der Waals surface area contributed by atoms with Crippen LogP contribution in [0.1, 0.15) is 33.0 Å². The van der Waals surface area contributed by atoms with Crippen molar-refractivity contribution in [3.05, 3.63) is 80.8 Å². The van der Waals surface area contributed by atoms with Gasteiger partial charge in [-0.2, -0.15) is 5.26 Å². The summed E-state index contributed by atoms with van der Waals surface area (Å²) in [6.45, 7) is 1.77. The summed E-state index contributed by atoms with van der Waals surface area (Å²) in [5, 5.41) is 32.5. The number of hydrogen-bond donors (Lipinski definition) is 4. The average Bonchev–Trinajstić information content (AvgIpc) is 2.71. The van der Waals surface area contributed by atoms with Gasteiger partial charge in [0.25, 0.3) is 5.91 Å². The molecule has 1 unspecified atom stereocenters. The number of nitrogens with two attached hydrogens (primary N) is 1. The number of amides is 1. The molecule has 30 heavy (non-hydrogen) atoms. The number of nitrogens with one attached hydrogen (secondary N) is 1. The molecule has 0 fully saturated rings. The van der Waals surface area contributed by atoms with Crippen LogP contribution in [0.15, 0.2) is 48.5 Å². The van der Waals surface area contributed by atoms with Crippen LogP contribution in [0.2, 0.25) is 10.0 Å². The van der Waals surface area contributed by atoms with Crippen LogP contribution >= 0.6 is 23.2 Å². The largest absolute Gasteiger partial charge is 0.504 e. The molecule has 3 rings (SSSR count). The lowest BCUT2D eigenvalue weighted by Crippen LogP contribution is -2.15. The molecular formula is C22H17Cl2N3O3. The quantitative estimate of drug-likeness (QED) is 0.327. The van der Waals surface area contributed by atoms with Gasteiger partial charge in [-0.15, -0.1) is 0 Å². The number of carbonyl (C=O) groups is 1. The summed E-state index contributed by atoms with van der Waals surface area (Å²) < 4.78 is 0. The van der Waals surface area contributed by atoms with Crippen LogP contribution in [0.4, 0.5) is 11.4 Å². The highest BCUT2D eigenvalue weighted by Crippen LogP contribution is 2.36. The first-order valence-corrected chi connectivity index (χ1v) is 9.55. The van der Waals surface area contributed by atoms with Gasteiger partial charge >= 0.3 is 0 Å². The lowest BCUT2D eigenvalue weighted by atomic mass is 9.91. The van der Waals surface area contributed by atoms with Crippen molar-refractivity contribution < 1.29 is 15.0 Å². The molecule has 0 spiro atoms. The Labute approximate surface area is 183 Å². The number of carbonyl (C=O) groups excluding carboxylic acids is 1. The average molecular weight is 442 g/mol. The predicted octanol–water partition coefficient (Wildman–Crippen LogP) is 5.20. The van der Waals surface area contributed by atoms with Crippen molar-refractivity contribution in [3.63, 3.8) is 0 Å². The molecule has 3 aromatic carbocycles. The van der Waals surface area contributed by atoms with E-state index in [0.29, 0.717) is 26.9 Å². The molecule has 0 heterocycles. The van der Waals surface area contributed by atoms with Gasteiger partial charge < -0.3 is 21.3 Å². The van der Waals surface area contributed by atoms with Gasteiger partial charge in [0, 0.05) is 15.7 Å². The third kappa shape index (κ3) is 4.13. The summed E-state index contributed by atoms with van der Waals surface area (Å²) >= 11 is 12.4. The van der Waals surface area contributed by atoms with Crippen LogP contribution in [-0.4, -0.2) is 16.1 Å². The molecule has 0 saturated carbocycles. The molecule has 0 aliphatic carbocycles. The zero-order valence-electron chi connectivity index (χ0n) is 15.8. The molecule has 0 aliphatic heterocycles. The van der Waals surface area contributed by atoms with Crippen LogP contribution in [0.3, 0.4) is 0 Å². The maximum Gasteiger partial charge on any atom is 0.257 e.